The van der Waals surface area contributed by atoms with E-state index in [0.29, 0.717) is 23.9 Å². The summed E-state index contributed by atoms with van der Waals surface area (Å²) >= 11 is 0. The summed E-state index contributed by atoms with van der Waals surface area (Å²) in [6, 6.07) is 0.984. The molecule has 0 aromatic carbocycles. The third-order valence-corrected chi connectivity index (χ3v) is 4.70. The van der Waals surface area contributed by atoms with Gasteiger partial charge in [-0.3, -0.25) is 4.79 Å². The maximum Gasteiger partial charge on any atom is 0.220 e. The van der Waals surface area contributed by atoms with E-state index in [2.05, 4.69) is 24.5 Å². The van der Waals surface area contributed by atoms with Crippen LogP contribution in [0.5, 0.6) is 0 Å². The lowest BCUT2D eigenvalue weighted by Gasteiger charge is -2.35. The molecule has 19 heavy (non-hydrogen) atoms. The molecule has 2 N–H and O–H groups in total. The van der Waals surface area contributed by atoms with Crippen LogP contribution in [-0.2, 0) is 4.79 Å². The Morgan fingerprint density at radius 1 is 1.26 bits per heavy atom. The predicted octanol–water partition coefficient (Wildman–Crippen LogP) is 2.99. The van der Waals surface area contributed by atoms with E-state index >= 15 is 0 Å². The number of carbonyl (C=O) groups excluding carboxylic acids is 1. The minimum Gasteiger partial charge on any atom is -0.353 e. The highest BCUT2D eigenvalue weighted by Crippen LogP contribution is 2.35. The van der Waals surface area contributed by atoms with Crippen LogP contribution in [0.4, 0.5) is 0 Å². The fourth-order valence-electron chi connectivity index (χ4n) is 3.60. The molecule has 1 aliphatic carbocycles. The van der Waals surface area contributed by atoms with Crippen molar-refractivity contribution < 1.29 is 4.79 Å². The average Bonchev–Trinajstić information content (AvgIpc) is 2.36. The second kappa shape index (κ2) is 6.74. The van der Waals surface area contributed by atoms with Crippen molar-refractivity contribution in [2.24, 2.45) is 5.41 Å². The molecule has 2 atom stereocenters. The first-order valence-electron chi connectivity index (χ1n) is 8.08. The first-order valence-corrected chi connectivity index (χ1v) is 8.08. The second-order valence-corrected chi connectivity index (χ2v) is 7.21. The summed E-state index contributed by atoms with van der Waals surface area (Å²) < 4.78 is 0. The van der Waals surface area contributed by atoms with Gasteiger partial charge < -0.3 is 10.6 Å². The fourth-order valence-corrected chi connectivity index (χ4v) is 3.60. The summed E-state index contributed by atoms with van der Waals surface area (Å²) in [5, 5.41) is 6.76. The van der Waals surface area contributed by atoms with Crippen molar-refractivity contribution in [1.29, 1.82) is 0 Å². The number of amides is 1. The van der Waals surface area contributed by atoms with E-state index in [1.165, 1.54) is 32.1 Å². The Balaban J connectivity index is 1.66. The minimum absolute atomic E-state index is 0.259. The lowest BCUT2D eigenvalue weighted by molar-refractivity contribution is -0.122. The molecular formula is C16H30N2O. The molecule has 3 heteroatoms. The summed E-state index contributed by atoms with van der Waals surface area (Å²) in [5.41, 5.74) is 0.404. The van der Waals surface area contributed by atoms with Crippen LogP contribution in [0.2, 0.25) is 0 Å². The van der Waals surface area contributed by atoms with Gasteiger partial charge in [0.1, 0.15) is 0 Å². The van der Waals surface area contributed by atoms with E-state index in [9.17, 15) is 4.79 Å². The van der Waals surface area contributed by atoms with Crippen molar-refractivity contribution in [3.8, 4) is 0 Å². The SMILES string of the molecule is CC1(C)CCCC(NC(=O)CCC2CCCCN2)C1. The fraction of sp³-hybridized carbons (Fsp3) is 0.938. The maximum absolute atomic E-state index is 12.0. The third kappa shape index (κ3) is 5.13. The van der Waals surface area contributed by atoms with E-state index in [1.54, 1.807) is 0 Å². The smallest absolute Gasteiger partial charge is 0.220 e. The summed E-state index contributed by atoms with van der Waals surface area (Å²) in [6.07, 6.45) is 10.4. The van der Waals surface area contributed by atoms with E-state index in [-0.39, 0.29) is 5.91 Å². The minimum atomic E-state index is 0.259. The molecule has 3 nitrogen and oxygen atoms in total. The van der Waals surface area contributed by atoms with Crippen molar-refractivity contribution in [1.82, 2.24) is 10.6 Å². The first kappa shape index (κ1) is 14.8. The summed E-state index contributed by atoms with van der Waals surface area (Å²) in [6.45, 7) is 5.76. The second-order valence-electron chi connectivity index (χ2n) is 7.21. The number of hydrogen-bond donors (Lipinski definition) is 2. The number of piperidine rings is 1. The van der Waals surface area contributed by atoms with Crippen molar-refractivity contribution in [2.45, 2.75) is 83.7 Å². The van der Waals surface area contributed by atoms with Gasteiger partial charge in [-0.1, -0.05) is 26.7 Å². The molecule has 1 saturated heterocycles. The molecule has 1 saturated carbocycles. The van der Waals surface area contributed by atoms with Gasteiger partial charge in [-0.15, -0.1) is 0 Å². The Hall–Kier alpha value is -0.570. The molecule has 0 bridgehead atoms. The Kier molecular flexibility index (Phi) is 5.26. The van der Waals surface area contributed by atoms with Crippen molar-refractivity contribution in [3.63, 3.8) is 0 Å². The highest BCUT2D eigenvalue weighted by atomic mass is 16.1. The number of carbonyl (C=O) groups is 1. The summed E-state index contributed by atoms with van der Waals surface area (Å²) in [7, 11) is 0. The molecule has 0 aromatic rings. The zero-order chi connectivity index (χ0) is 13.7. The molecule has 0 aromatic heterocycles. The highest BCUT2D eigenvalue weighted by molar-refractivity contribution is 5.76. The monoisotopic (exact) mass is 266 g/mol. The first-order chi connectivity index (χ1) is 9.05. The van der Waals surface area contributed by atoms with Crippen molar-refractivity contribution in [3.05, 3.63) is 0 Å². The van der Waals surface area contributed by atoms with Crippen LogP contribution in [0.15, 0.2) is 0 Å². The van der Waals surface area contributed by atoms with Gasteiger partial charge in [0.2, 0.25) is 5.91 Å². The Bertz CT molecular complexity index is 295. The third-order valence-electron chi connectivity index (χ3n) is 4.70. The van der Waals surface area contributed by atoms with Crippen LogP contribution in [0, 0.1) is 5.41 Å². The summed E-state index contributed by atoms with van der Waals surface area (Å²) in [5.74, 6) is 0.259. The van der Waals surface area contributed by atoms with Gasteiger partial charge in [0, 0.05) is 18.5 Å². The molecule has 2 fully saturated rings. The number of nitrogens with one attached hydrogen (secondary N) is 2. The van der Waals surface area contributed by atoms with Gasteiger partial charge in [0.15, 0.2) is 0 Å². The lowest BCUT2D eigenvalue weighted by atomic mass is 9.75. The lowest BCUT2D eigenvalue weighted by Crippen LogP contribution is -2.41. The predicted molar refractivity (Wildman–Crippen MR) is 79.1 cm³/mol. The van der Waals surface area contributed by atoms with Crippen LogP contribution in [0.25, 0.3) is 0 Å². The Morgan fingerprint density at radius 2 is 2.11 bits per heavy atom. The maximum atomic E-state index is 12.0. The molecule has 0 spiro atoms. The van der Waals surface area contributed by atoms with Crippen molar-refractivity contribution in [2.75, 3.05) is 6.54 Å². The Morgan fingerprint density at radius 3 is 2.79 bits per heavy atom. The van der Waals surface area contributed by atoms with Gasteiger partial charge in [-0.2, -0.15) is 0 Å². The molecule has 2 rings (SSSR count). The zero-order valence-corrected chi connectivity index (χ0v) is 12.6. The number of rotatable bonds is 4. The van der Waals surface area contributed by atoms with Gasteiger partial charge in [-0.05, 0) is 50.5 Å². The van der Waals surface area contributed by atoms with Crippen LogP contribution >= 0.6 is 0 Å². The molecule has 2 unspecified atom stereocenters. The van der Waals surface area contributed by atoms with Gasteiger partial charge in [0.25, 0.3) is 0 Å². The van der Waals surface area contributed by atoms with E-state index in [1.807, 2.05) is 0 Å². The molecule has 1 aliphatic heterocycles. The molecule has 1 heterocycles. The van der Waals surface area contributed by atoms with E-state index in [4.69, 9.17) is 0 Å². The summed E-state index contributed by atoms with van der Waals surface area (Å²) in [4.78, 5) is 12.0. The normalized spacial score (nSPS) is 30.8. The van der Waals surface area contributed by atoms with Gasteiger partial charge in [-0.25, -0.2) is 0 Å². The van der Waals surface area contributed by atoms with E-state index in [0.717, 1.165) is 25.8 Å². The van der Waals surface area contributed by atoms with Crippen molar-refractivity contribution >= 4 is 5.91 Å². The van der Waals surface area contributed by atoms with Gasteiger partial charge >= 0.3 is 0 Å². The standard InChI is InChI=1S/C16H30N2O/c1-16(2)10-5-7-14(12-16)18-15(19)9-8-13-6-3-4-11-17-13/h13-14,17H,3-12H2,1-2H3,(H,18,19). The molecule has 2 aliphatic rings. The topological polar surface area (TPSA) is 41.1 Å². The molecular weight excluding hydrogens is 236 g/mol. The van der Waals surface area contributed by atoms with Crippen LogP contribution in [-0.4, -0.2) is 24.5 Å². The highest BCUT2D eigenvalue weighted by Gasteiger charge is 2.28. The zero-order valence-electron chi connectivity index (χ0n) is 12.6. The van der Waals surface area contributed by atoms with Gasteiger partial charge in [0.05, 0.1) is 0 Å². The largest absolute Gasteiger partial charge is 0.353 e. The average molecular weight is 266 g/mol. The molecule has 1 amide bonds. The Labute approximate surface area is 117 Å². The number of hydrogen-bond acceptors (Lipinski definition) is 2. The molecule has 0 radical (unpaired) electrons. The van der Waals surface area contributed by atoms with Crippen LogP contribution in [0.3, 0.4) is 0 Å². The van der Waals surface area contributed by atoms with Crippen LogP contribution < -0.4 is 10.6 Å². The molecule has 110 valence electrons. The quantitative estimate of drug-likeness (QED) is 0.821. The van der Waals surface area contributed by atoms with Crippen LogP contribution in [0.1, 0.15) is 71.6 Å². The van der Waals surface area contributed by atoms with E-state index < -0.39 is 0 Å².